The first-order chi connectivity index (χ1) is 12.5. The second-order valence-electron chi connectivity index (χ2n) is 7.04. The number of nitrogens with one attached hydrogen (secondary N) is 1. The standard InChI is InChI=1S/C21H26Cl2N2O/c1-3-9-24(10-4-2)13-17(26)14-25-20-7-5-15(22)11-18(20)19-12-16(23)6-8-21(19)25/h5-8,11-12,17,26H,3-4,9-10,13-14H2,1-2H3/p+1/t17-/m0/s1. The van der Waals surface area contributed by atoms with Gasteiger partial charge in [-0.3, -0.25) is 0 Å². The quantitative estimate of drug-likeness (QED) is 0.590. The van der Waals surface area contributed by atoms with E-state index in [2.05, 4.69) is 18.4 Å². The summed E-state index contributed by atoms with van der Waals surface area (Å²) < 4.78 is 2.19. The van der Waals surface area contributed by atoms with Crippen molar-refractivity contribution in [2.45, 2.75) is 39.3 Å². The van der Waals surface area contributed by atoms with Crippen LogP contribution in [0.1, 0.15) is 26.7 Å². The number of fused-ring (bicyclic) bond motifs is 3. The van der Waals surface area contributed by atoms with Crippen molar-refractivity contribution in [1.29, 1.82) is 0 Å². The molecule has 0 unspecified atom stereocenters. The summed E-state index contributed by atoms with van der Waals surface area (Å²) in [5.74, 6) is 0. The maximum absolute atomic E-state index is 10.8. The van der Waals surface area contributed by atoms with Gasteiger partial charge in [-0.2, -0.15) is 0 Å². The molecule has 1 aromatic heterocycles. The fourth-order valence-corrected chi connectivity index (χ4v) is 4.23. The normalized spacial score (nSPS) is 13.2. The molecule has 3 rings (SSSR count). The smallest absolute Gasteiger partial charge is 0.121 e. The lowest BCUT2D eigenvalue weighted by Crippen LogP contribution is -3.13. The summed E-state index contributed by atoms with van der Waals surface area (Å²) in [6.45, 7) is 7.93. The van der Waals surface area contributed by atoms with Crippen LogP contribution in [0.15, 0.2) is 36.4 Å². The SMILES string of the molecule is CCC[NH+](CCC)C[C@H](O)Cn1c2ccc(Cl)cc2c2cc(Cl)ccc21. The third-order valence-electron chi connectivity index (χ3n) is 4.91. The van der Waals surface area contributed by atoms with Gasteiger partial charge in [0, 0.05) is 31.9 Å². The van der Waals surface area contributed by atoms with Crippen LogP contribution in [-0.2, 0) is 6.54 Å². The average Bonchev–Trinajstić information content (AvgIpc) is 2.88. The van der Waals surface area contributed by atoms with Crippen LogP contribution in [0, 0.1) is 0 Å². The number of aliphatic hydroxyl groups is 1. The number of aliphatic hydroxyl groups excluding tert-OH is 1. The summed E-state index contributed by atoms with van der Waals surface area (Å²) in [4.78, 5) is 1.47. The van der Waals surface area contributed by atoms with E-state index in [1.807, 2.05) is 36.4 Å². The largest absolute Gasteiger partial charge is 0.385 e. The molecule has 0 bridgehead atoms. The number of halogens is 2. The second kappa shape index (κ2) is 8.62. The first-order valence-corrected chi connectivity index (χ1v) is 10.2. The highest BCUT2D eigenvalue weighted by molar-refractivity contribution is 6.33. The molecule has 0 spiro atoms. The lowest BCUT2D eigenvalue weighted by molar-refractivity contribution is -0.903. The Bertz CT molecular complexity index is 825. The number of aromatic nitrogens is 1. The summed E-state index contributed by atoms with van der Waals surface area (Å²) in [5.41, 5.74) is 2.16. The van der Waals surface area contributed by atoms with Gasteiger partial charge in [0.2, 0.25) is 0 Å². The van der Waals surface area contributed by atoms with Gasteiger partial charge in [-0.15, -0.1) is 0 Å². The van der Waals surface area contributed by atoms with Gasteiger partial charge in [-0.25, -0.2) is 0 Å². The molecule has 0 radical (unpaired) electrons. The number of rotatable bonds is 8. The number of nitrogens with zero attached hydrogens (tertiary/aromatic N) is 1. The Morgan fingerprint density at radius 3 is 1.88 bits per heavy atom. The van der Waals surface area contributed by atoms with Crippen LogP contribution in [0.3, 0.4) is 0 Å². The molecule has 0 saturated carbocycles. The van der Waals surface area contributed by atoms with Crippen LogP contribution >= 0.6 is 23.2 Å². The summed E-state index contributed by atoms with van der Waals surface area (Å²) in [5, 5.41) is 14.3. The van der Waals surface area contributed by atoms with Gasteiger partial charge in [-0.05, 0) is 49.2 Å². The Morgan fingerprint density at radius 1 is 0.923 bits per heavy atom. The molecule has 0 aliphatic rings. The molecule has 26 heavy (non-hydrogen) atoms. The monoisotopic (exact) mass is 393 g/mol. The average molecular weight is 394 g/mol. The van der Waals surface area contributed by atoms with E-state index in [1.165, 1.54) is 4.90 Å². The van der Waals surface area contributed by atoms with Crippen molar-refractivity contribution in [2.24, 2.45) is 0 Å². The van der Waals surface area contributed by atoms with E-state index >= 15 is 0 Å². The van der Waals surface area contributed by atoms with Crippen molar-refractivity contribution in [3.8, 4) is 0 Å². The molecule has 1 atom stereocenters. The van der Waals surface area contributed by atoms with E-state index in [1.54, 1.807) is 0 Å². The van der Waals surface area contributed by atoms with Crippen LogP contribution in [0.2, 0.25) is 10.0 Å². The highest BCUT2D eigenvalue weighted by Gasteiger charge is 2.18. The number of quaternary nitrogens is 1. The van der Waals surface area contributed by atoms with Crippen LogP contribution in [-0.4, -0.2) is 35.4 Å². The van der Waals surface area contributed by atoms with Gasteiger partial charge in [0.15, 0.2) is 0 Å². The second-order valence-corrected chi connectivity index (χ2v) is 7.91. The van der Waals surface area contributed by atoms with Crippen LogP contribution < -0.4 is 4.90 Å². The van der Waals surface area contributed by atoms with Crippen LogP contribution in [0.5, 0.6) is 0 Å². The molecule has 0 aliphatic carbocycles. The topological polar surface area (TPSA) is 29.6 Å². The van der Waals surface area contributed by atoms with Gasteiger partial charge in [0.1, 0.15) is 12.6 Å². The highest BCUT2D eigenvalue weighted by atomic mass is 35.5. The third kappa shape index (κ3) is 4.17. The molecule has 0 aliphatic heterocycles. The van der Waals surface area contributed by atoms with Crippen LogP contribution in [0.4, 0.5) is 0 Å². The Kier molecular flexibility index (Phi) is 6.46. The summed E-state index contributed by atoms with van der Waals surface area (Å²) in [6, 6.07) is 11.8. The minimum atomic E-state index is -0.395. The highest BCUT2D eigenvalue weighted by Crippen LogP contribution is 2.32. The molecule has 0 amide bonds. The zero-order valence-corrected chi connectivity index (χ0v) is 16.9. The zero-order valence-electron chi connectivity index (χ0n) is 15.4. The Hall–Kier alpha value is -1.26. The van der Waals surface area contributed by atoms with Crippen molar-refractivity contribution in [2.75, 3.05) is 19.6 Å². The molecule has 3 nitrogen and oxygen atoms in total. The number of hydrogen-bond acceptors (Lipinski definition) is 1. The number of benzene rings is 2. The lowest BCUT2D eigenvalue weighted by Gasteiger charge is -2.22. The Labute approximate surface area is 165 Å². The Morgan fingerprint density at radius 2 is 1.42 bits per heavy atom. The van der Waals surface area contributed by atoms with E-state index in [9.17, 15) is 5.11 Å². The van der Waals surface area contributed by atoms with Gasteiger partial charge in [-0.1, -0.05) is 37.0 Å². The van der Waals surface area contributed by atoms with E-state index in [-0.39, 0.29) is 0 Å². The summed E-state index contributed by atoms with van der Waals surface area (Å²) in [6.07, 6.45) is 1.87. The van der Waals surface area contributed by atoms with Gasteiger partial charge in [0.25, 0.3) is 0 Å². The molecule has 1 heterocycles. The van der Waals surface area contributed by atoms with Crippen molar-refractivity contribution in [3.05, 3.63) is 46.4 Å². The minimum Gasteiger partial charge on any atom is -0.385 e. The van der Waals surface area contributed by atoms with Gasteiger partial charge in [0.05, 0.1) is 19.6 Å². The molecule has 140 valence electrons. The zero-order chi connectivity index (χ0) is 18.7. The van der Waals surface area contributed by atoms with E-state index in [0.29, 0.717) is 16.6 Å². The third-order valence-corrected chi connectivity index (χ3v) is 5.38. The van der Waals surface area contributed by atoms with Gasteiger partial charge < -0.3 is 14.6 Å². The van der Waals surface area contributed by atoms with Crippen molar-refractivity contribution < 1.29 is 10.0 Å². The molecule has 0 fully saturated rings. The number of hydrogen-bond donors (Lipinski definition) is 2. The molecule has 0 saturated heterocycles. The van der Waals surface area contributed by atoms with Gasteiger partial charge >= 0.3 is 0 Å². The van der Waals surface area contributed by atoms with Crippen molar-refractivity contribution in [1.82, 2.24) is 4.57 Å². The maximum Gasteiger partial charge on any atom is 0.121 e. The summed E-state index contributed by atoms with van der Waals surface area (Å²) >= 11 is 12.4. The first kappa shape index (κ1) is 19.5. The maximum atomic E-state index is 10.8. The van der Waals surface area contributed by atoms with E-state index in [0.717, 1.165) is 54.3 Å². The lowest BCUT2D eigenvalue weighted by atomic mass is 10.1. The molecule has 5 heteroatoms. The fourth-order valence-electron chi connectivity index (χ4n) is 3.89. The molecular weight excluding hydrogens is 367 g/mol. The predicted molar refractivity (Wildman–Crippen MR) is 112 cm³/mol. The first-order valence-electron chi connectivity index (χ1n) is 9.42. The molecule has 3 aromatic rings. The van der Waals surface area contributed by atoms with Crippen molar-refractivity contribution in [3.63, 3.8) is 0 Å². The predicted octanol–water partition coefficient (Wildman–Crippen LogP) is 4.17. The van der Waals surface area contributed by atoms with Crippen LogP contribution in [0.25, 0.3) is 21.8 Å². The molecule has 2 aromatic carbocycles. The fraction of sp³-hybridized carbons (Fsp3) is 0.429. The van der Waals surface area contributed by atoms with E-state index in [4.69, 9.17) is 23.2 Å². The van der Waals surface area contributed by atoms with Crippen molar-refractivity contribution >= 4 is 45.0 Å². The molecule has 2 N–H and O–H groups in total. The van der Waals surface area contributed by atoms with E-state index < -0.39 is 6.10 Å². The Balaban J connectivity index is 1.95. The minimum absolute atomic E-state index is 0.395. The molecular formula is C21H27Cl2N2O+. The summed E-state index contributed by atoms with van der Waals surface area (Å²) in [7, 11) is 0.